The van der Waals surface area contributed by atoms with E-state index in [9.17, 15) is 4.79 Å². The van der Waals surface area contributed by atoms with Gasteiger partial charge in [0, 0.05) is 31.6 Å². The Morgan fingerprint density at radius 3 is 2.10 bits per heavy atom. The summed E-state index contributed by atoms with van der Waals surface area (Å²) >= 11 is 0. The van der Waals surface area contributed by atoms with Gasteiger partial charge in [0.25, 0.3) is 0 Å². The minimum absolute atomic E-state index is 0.234. The molecule has 2 N–H and O–H groups in total. The highest BCUT2D eigenvalue weighted by Gasteiger charge is 2.27. The summed E-state index contributed by atoms with van der Waals surface area (Å²) in [5, 5.41) is 0. The van der Waals surface area contributed by atoms with Gasteiger partial charge in [-0.1, -0.05) is 19.9 Å². The predicted molar refractivity (Wildman–Crippen MR) is 118 cm³/mol. The zero-order valence-electron chi connectivity index (χ0n) is 19.3. The van der Waals surface area contributed by atoms with Crippen molar-refractivity contribution in [3.05, 3.63) is 23.8 Å². The van der Waals surface area contributed by atoms with E-state index in [2.05, 4.69) is 18.8 Å². The summed E-state index contributed by atoms with van der Waals surface area (Å²) in [6, 6.07) is 5.90. The Bertz CT molecular complexity index is 763. The van der Waals surface area contributed by atoms with E-state index in [0.717, 1.165) is 5.56 Å². The Morgan fingerprint density at radius 1 is 1.00 bits per heavy atom. The lowest BCUT2D eigenvalue weighted by Gasteiger charge is -2.36. The van der Waals surface area contributed by atoms with Gasteiger partial charge in [0.15, 0.2) is 17.5 Å². The molecule has 0 atom stereocenters. The van der Waals surface area contributed by atoms with Crippen LogP contribution >= 0.6 is 0 Å². The number of aliphatic imine (C=N–C) groups is 1. The molecule has 1 aliphatic rings. The fraction of sp³-hybridized carbons (Fsp3) is 0.636. The SMILES string of the molecule is COc1ccc(C(C)(C)CN=C(N)N2CCN(C(=O)OC(C)(C)C)CC2)cc1OC. The maximum atomic E-state index is 12.2. The van der Waals surface area contributed by atoms with E-state index >= 15 is 0 Å². The first-order valence-electron chi connectivity index (χ1n) is 10.2. The van der Waals surface area contributed by atoms with Crippen LogP contribution in [-0.2, 0) is 10.2 Å². The predicted octanol–water partition coefficient (Wildman–Crippen LogP) is 2.85. The number of nitrogens with two attached hydrogens (primary N) is 1. The van der Waals surface area contributed by atoms with E-state index in [1.54, 1.807) is 19.1 Å². The number of ether oxygens (including phenoxy) is 3. The molecule has 8 heteroatoms. The third-order valence-electron chi connectivity index (χ3n) is 5.06. The monoisotopic (exact) mass is 420 g/mol. The molecule has 1 amide bonds. The number of benzene rings is 1. The quantitative estimate of drug-likeness (QED) is 0.582. The number of guanidine groups is 1. The largest absolute Gasteiger partial charge is 0.493 e. The molecule has 1 aliphatic heterocycles. The summed E-state index contributed by atoms with van der Waals surface area (Å²) in [5.41, 5.74) is 6.62. The minimum Gasteiger partial charge on any atom is -0.493 e. The van der Waals surface area contributed by atoms with Gasteiger partial charge in [0.05, 0.1) is 20.8 Å². The number of nitrogens with zero attached hydrogens (tertiary/aromatic N) is 3. The summed E-state index contributed by atoms with van der Waals surface area (Å²) in [5.74, 6) is 1.88. The molecular weight excluding hydrogens is 384 g/mol. The van der Waals surface area contributed by atoms with E-state index in [0.29, 0.717) is 50.2 Å². The lowest BCUT2D eigenvalue weighted by molar-refractivity contribution is 0.0186. The second kappa shape index (κ2) is 9.45. The van der Waals surface area contributed by atoms with Gasteiger partial charge < -0.3 is 29.7 Å². The standard InChI is InChI=1S/C22H36N4O4/c1-21(2,3)30-20(27)26-12-10-25(11-13-26)19(23)24-15-22(4,5)16-8-9-17(28-6)18(14-16)29-7/h8-9,14H,10-13,15H2,1-7H3,(H2,23,24). The topological polar surface area (TPSA) is 89.6 Å². The van der Waals surface area contributed by atoms with Crippen molar-refractivity contribution >= 4 is 12.1 Å². The Labute approximate surface area is 180 Å². The molecule has 0 aromatic heterocycles. The lowest BCUT2D eigenvalue weighted by atomic mass is 9.84. The molecule has 0 bridgehead atoms. The number of hydrogen-bond acceptors (Lipinski definition) is 5. The molecule has 0 unspecified atom stereocenters. The zero-order chi connectivity index (χ0) is 22.5. The molecule has 168 valence electrons. The van der Waals surface area contributed by atoms with Gasteiger partial charge in [0.2, 0.25) is 0 Å². The number of rotatable bonds is 5. The molecule has 30 heavy (non-hydrogen) atoms. The number of amides is 1. The van der Waals surface area contributed by atoms with Gasteiger partial charge >= 0.3 is 6.09 Å². The van der Waals surface area contributed by atoms with Gasteiger partial charge in [-0.05, 0) is 38.5 Å². The van der Waals surface area contributed by atoms with Crippen LogP contribution < -0.4 is 15.2 Å². The highest BCUT2D eigenvalue weighted by molar-refractivity contribution is 5.78. The van der Waals surface area contributed by atoms with E-state index in [1.165, 1.54) is 0 Å². The van der Waals surface area contributed by atoms with Crippen LogP contribution in [0.4, 0.5) is 4.79 Å². The summed E-state index contributed by atoms with van der Waals surface area (Å²) in [6.45, 7) is 12.7. The van der Waals surface area contributed by atoms with Crippen LogP contribution in [0.1, 0.15) is 40.2 Å². The smallest absolute Gasteiger partial charge is 0.410 e. The zero-order valence-corrected chi connectivity index (χ0v) is 19.3. The Hall–Kier alpha value is -2.64. The van der Waals surface area contributed by atoms with E-state index in [1.807, 2.05) is 43.9 Å². The molecule has 2 rings (SSSR count). The van der Waals surface area contributed by atoms with Crippen molar-refractivity contribution < 1.29 is 19.0 Å². The summed E-state index contributed by atoms with van der Waals surface area (Å²) in [4.78, 5) is 20.6. The molecule has 0 radical (unpaired) electrons. The molecule has 1 saturated heterocycles. The van der Waals surface area contributed by atoms with Gasteiger partial charge in [-0.2, -0.15) is 0 Å². The molecule has 0 spiro atoms. The van der Waals surface area contributed by atoms with Gasteiger partial charge in [-0.25, -0.2) is 4.79 Å². The van der Waals surface area contributed by atoms with E-state index in [4.69, 9.17) is 19.9 Å². The van der Waals surface area contributed by atoms with Crippen LogP contribution in [0.2, 0.25) is 0 Å². The van der Waals surface area contributed by atoms with Crippen molar-refractivity contribution in [3.63, 3.8) is 0 Å². The van der Waals surface area contributed by atoms with Crippen molar-refractivity contribution in [2.75, 3.05) is 46.9 Å². The van der Waals surface area contributed by atoms with Gasteiger partial charge in [-0.15, -0.1) is 0 Å². The second-order valence-electron chi connectivity index (χ2n) is 9.08. The number of piperazine rings is 1. The maximum Gasteiger partial charge on any atom is 0.410 e. The van der Waals surface area contributed by atoms with Crippen LogP contribution in [-0.4, -0.2) is 74.4 Å². The number of methoxy groups -OCH3 is 2. The maximum absolute atomic E-state index is 12.2. The van der Waals surface area contributed by atoms with Gasteiger partial charge in [-0.3, -0.25) is 4.99 Å². The molecule has 0 saturated carbocycles. The molecule has 1 heterocycles. The van der Waals surface area contributed by atoms with Crippen LogP contribution in [0.5, 0.6) is 11.5 Å². The van der Waals surface area contributed by atoms with Crippen LogP contribution in [0.25, 0.3) is 0 Å². The number of hydrogen-bond donors (Lipinski definition) is 1. The normalized spacial score (nSPS) is 15.8. The van der Waals surface area contributed by atoms with E-state index < -0.39 is 5.60 Å². The second-order valence-corrected chi connectivity index (χ2v) is 9.08. The van der Waals surface area contributed by atoms with Crippen LogP contribution in [0.15, 0.2) is 23.2 Å². The van der Waals surface area contributed by atoms with Crippen molar-refractivity contribution in [1.29, 1.82) is 0 Å². The molecule has 8 nitrogen and oxygen atoms in total. The summed E-state index contributed by atoms with van der Waals surface area (Å²) in [6.07, 6.45) is -0.285. The average molecular weight is 421 g/mol. The lowest BCUT2D eigenvalue weighted by Crippen LogP contribution is -2.53. The molecule has 1 fully saturated rings. The van der Waals surface area contributed by atoms with Crippen molar-refractivity contribution in [2.24, 2.45) is 10.7 Å². The molecular formula is C22H36N4O4. The fourth-order valence-electron chi connectivity index (χ4n) is 3.17. The third-order valence-corrected chi connectivity index (χ3v) is 5.06. The Kier molecular flexibility index (Phi) is 7.44. The first-order valence-corrected chi connectivity index (χ1v) is 10.2. The van der Waals surface area contributed by atoms with Crippen molar-refractivity contribution in [3.8, 4) is 11.5 Å². The highest BCUT2D eigenvalue weighted by atomic mass is 16.6. The number of carbonyl (C=O) groups excluding carboxylic acids is 1. The first kappa shape index (κ1) is 23.6. The minimum atomic E-state index is -0.496. The van der Waals surface area contributed by atoms with Gasteiger partial charge in [0.1, 0.15) is 5.60 Å². The Morgan fingerprint density at radius 2 is 1.57 bits per heavy atom. The van der Waals surface area contributed by atoms with Crippen molar-refractivity contribution in [1.82, 2.24) is 9.80 Å². The molecule has 0 aliphatic carbocycles. The van der Waals surface area contributed by atoms with Crippen LogP contribution in [0, 0.1) is 0 Å². The van der Waals surface area contributed by atoms with Crippen LogP contribution in [0.3, 0.4) is 0 Å². The summed E-state index contributed by atoms with van der Waals surface area (Å²) < 4.78 is 16.2. The number of carbonyl (C=O) groups is 1. The van der Waals surface area contributed by atoms with E-state index in [-0.39, 0.29) is 11.5 Å². The summed E-state index contributed by atoms with van der Waals surface area (Å²) in [7, 11) is 3.25. The fourth-order valence-corrected chi connectivity index (χ4v) is 3.17. The average Bonchev–Trinajstić information content (AvgIpc) is 2.70. The molecule has 1 aromatic rings. The first-order chi connectivity index (χ1) is 14.0. The molecule has 1 aromatic carbocycles. The highest BCUT2D eigenvalue weighted by Crippen LogP contribution is 2.33. The third kappa shape index (κ3) is 6.18. The Balaban J connectivity index is 1.97. The van der Waals surface area contributed by atoms with Crippen molar-refractivity contribution in [2.45, 2.75) is 45.6 Å².